The number of pyridine rings is 1. The third kappa shape index (κ3) is 5.19. The van der Waals surface area contributed by atoms with Crippen LogP contribution < -0.4 is 5.32 Å². The maximum Gasteiger partial charge on any atom is 0.331 e. The monoisotopic (exact) mass is 425 g/mol. The van der Waals surface area contributed by atoms with Crippen LogP contribution in [-0.2, 0) is 4.79 Å². The van der Waals surface area contributed by atoms with Crippen molar-refractivity contribution in [2.45, 2.75) is 20.8 Å². The van der Waals surface area contributed by atoms with E-state index in [-0.39, 0.29) is 5.57 Å². The lowest BCUT2D eigenvalue weighted by Gasteiger charge is -2.11. The molecule has 0 aliphatic carbocycles. The van der Waals surface area contributed by atoms with Crippen LogP contribution in [0.4, 0.5) is 5.69 Å². The van der Waals surface area contributed by atoms with Gasteiger partial charge in [0.1, 0.15) is 0 Å². The van der Waals surface area contributed by atoms with Gasteiger partial charge in [-0.05, 0) is 67.8 Å². The number of hydrogen-bond donors (Lipinski definition) is 2. The number of carbonyl (C=O) groups is 1. The highest BCUT2D eigenvalue weighted by Crippen LogP contribution is 2.29. The molecule has 2 N–H and O–H groups in total. The lowest BCUT2D eigenvalue weighted by atomic mass is 9.98. The number of anilines is 1. The normalized spacial score (nSPS) is 13.4. The van der Waals surface area contributed by atoms with E-state index in [2.05, 4.69) is 10.3 Å². The number of fused-ring (bicyclic) bond motifs is 1. The molecule has 0 saturated carbocycles. The maximum absolute atomic E-state index is 11.5. The second-order valence-corrected chi connectivity index (χ2v) is 7.34. The van der Waals surface area contributed by atoms with Gasteiger partial charge >= 0.3 is 5.97 Å². The molecule has 3 aromatic rings. The summed E-state index contributed by atoms with van der Waals surface area (Å²) >= 11 is 0. The van der Waals surface area contributed by atoms with Crippen molar-refractivity contribution in [3.05, 3.63) is 95.3 Å². The number of allylic oxidation sites excluding steroid dienone is 5. The number of para-hydroxylation sites is 1. The maximum atomic E-state index is 11.5. The van der Waals surface area contributed by atoms with Crippen LogP contribution in [0.25, 0.3) is 22.0 Å². The number of carboxylic acid groups (broad SMARTS) is 1. The molecule has 5 heteroatoms. The molecule has 1 heterocycles. The number of rotatable bonds is 7. The molecule has 0 amide bonds. The summed E-state index contributed by atoms with van der Waals surface area (Å²) in [7, 11) is 1.89. The van der Waals surface area contributed by atoms with E-state index in [0.717, 1.165) is 38.9 Å². The highest BCUT2D eigenvalue weighted by molar-refractivity contribution is 6.10. The van der Waals surface area contributed by atoms with Crippen molar-refractivity contribution in [1.82, 2.24) is 4.98 Å². The fourth-order valence-corrected chi connectivity index (χ4v) is 3.37. The van der Waals surface area contributed by atoms with Gasteiger partial charge in [-0.25, -0.2) is 4.79 Å². The molecule has 0 bridgehead atoms. The molecule has 1 aromatic heterocycles. The van der Waals surface area contributed by atoms with E-state index in [1.807, 2.05) is 87.8 Å². The van der Waals surface area contributed by atoms with Gasteiger partial charge in [-0.15, -0.1) is 0 Å². The predicted molar refractivity (Wildman–Crippen MR) is 134 cm³/mol. The van der Waals surface area contributed by atoms with Crippen LogP contribution in [0.15, 0.2) is 89.2 Å². The van der Waals surface area contributed by atoms with E-state index in [1.165, 1.54) is 0 Å². The Balaban J connectivity index is 2.10. The second-order valence-electron chi connectivity index (χ2n) is 7.34. The molecular formula is C27H27N3O2. The fourth-order valence-electron chi connectivity index (χ4n) is 3.37. The zero-order valence-electron chi connectivity index (χ0n) is 18.8. The van der Waals surface area contributed by atoms with Crippen LogP contribution >= 0.6 is 0 Å². The number of nitrogens with zero attached hydrogens (tertiary/aromatic N) is 2. The summed E-state index contributed by atoms with van der Waals surface area (Å²) in [4.78, 5) is 20.7. The Morgan fingerprint density at radius 3 is 2.44 bits per heavy atom. The van der Waals surface area contributed by atoms with Crippen molar-refractivity contribution < 1.29 is 9.90 Å². The summed E-state index contributed by atoms with van der Waals surface area (Å²) in [6.45, 7) is 5.45. The number of aromatic nitrogens is 1. The second kappa shape index (κ2) is 10.4. The van der Waals surface area contributed by atoms with Gasteiger partial charge in [-0.1, -0.05) is 36.4 Å². The highest BCUT2D eigenvalue weighted by atomic mass is 16.4. The minimum atomic E-state index is -0.962. The van der Waals surface area contributed by atoms with Crippen LogP contribution in [0.3, 0.4) is 0 Å². The summed E-state index contributed by atoms with van der Waals surface area (Å²) in [6.07, 6.45) is 7.23. The summed E-state index contributed by atoms with van der Waals surface area (Å²) in [5.74, 6) is -0.962. The molecular weight excluding hydrogens is 398 g/mol. The van der Waals surface area contributed by atoms with E-state index in [0.29, 0.717) is 5.70 Å². The zero-order valence-corrected chi connectivity index (χ0v) is 18.8. The van der Waals surface area contributed by atoms with Gasteiger partial charge in [0, 0.05) is 47.4 Å². The molecule has 0 radical (unpaired) electrons. The molecule has 0 aliphatic heterocycles. The molecule has 32 heavy (non-hydrogen) atoms. The highest BCUT2D eigenvalue weighted by Gasteiger charge is 2.11. The van der Waals surface area contributed by atoms with Gasteiger partial charge in [0.05, 0.1) is 5.52 Å². The van der Waals surface area contributed by atoms with Gasteiger partial charge in [-0.2, -0.15) is 0 Å². The molecule has 162 valence electrons. The van der Waals surface area contributed by atoms with Crippen molar-refractivity contribution in [2.75, 3.05) is 12.4 Å². The largest absolute Gasteiger partial charge is 0.478 e. The lowest BCUT2D eigenvalue weighted by molar-refractivity contribution is -0.132. The van der Waals surface area contributed by atoms with E-state index in [4.69, 9.17) is 4.99 Å². The first kappa shape index (κ1) is 22.7. The summed E-state index contributed by atoms with van der Waals surface area (Å²) in [6, 6.07) is 17.8. The Morgan fingerprint density at radius 1 is 1.06 bits per heavy atom. The Kier molecular flexibility index (Phi) is 7.34. The molecule has 0 unspecified atom stereocenters. The molecule has 0 spiro atoms. The zero-order chi connectivity index (χ0) is 23.1. The predicted octanol–water partition coefficient (Wildman–Crippen LogP) is 6.21. The molecule has 0 atom stereocenters. The fraction of sp³-hybridized carbons (Fsp3) is 0.148. The number of aliphatic carboxylic acids is 1. The van der Waals surface area contributed by atoms with Crippen molar-refractivity contribution >= 4 is 39.9 Å². The number of carboxylic acids is 1. The number of benzene rings is 2. The SMILES string of the molecule is C\C=C(/C=N\C(C)=C(\C=C(/C)C(=O)O)c1ccnc2ccccc12)c1ccc(NC)cc1. The molecule has 0 fully saturated rings. The molecule has 5 nitrogen and oxygen atoms in total. The van der Waals surface area contributed by atoms with E-state index in [9.17, 15) is 9.90 Å². The molecule has 0 aliphatic rings. The van der Waals surface area contributed by atoms with Gasteiger partial charge < -0.3 is 10.4 Å². The van der Waals surface area contributed by atoms with Crippen molar-refractivity contribution in [1.29, 1.82) is 0 Å². The average Bonchev–Trinajstić information content (AvgIpc) is 2.82. The topological polar surface area (TPSA) is 74.6 Å². The van der Waals surface area contributed by atoms with Crippen LogP contribution in [0.5, 0.6) is 0 Å². The van der Waals surface area contributed by atoms with Gasteiger partial charge in [0.15, 0.2) is 0 Å². The van der Waals surface area contributed by atoms with E-state index >= 15 is 0 Å². The minimum absolute atomic E-state index is 0.240. The van der Waals surface area contributed by atoms with Crippen molar-refractivity contribution in [3.63, 3.8) is 0 Å². The summed E-state index contributed by atoms with van der Waals surface area (Å²) < 4.78 is 0. The van der Waals surface area contributed by atoms with Crippen molar-refractivity contribution in [3.8, 4) is 0 Å². The van der Waals surface area contributed by atoms with Crippen LogP contribution in [0.2, 0.25) is 0 Å². The quantitative estimate of drug-likeness (QED) is 0.268. The summed E-state index contributed by atoms with van der Waals surface area (Å²) in [5, 5.41) is 13.5. The first-order chi connectivity index (χ1) is 15.4. The minimum Gasteiger partial charge on any atom is -0.478 e. The van der Waals surface area contributed by atoms with Crippen molar-refractivity contribution in [2.24, 2.45) is 4.99 Å². The van der Waals surface area contributed by atoms with Gasteiger partial charge in [-0.3, -0.25) is 9.98 Å². The van der Waals surface area contributed by atoms with Crippen LogP contribution in [0, 0.1) is 0 Å². The Bertz CT molecular complexity index is 1240. The smallest absolute Gasteiger partial charge is 0.331 e. The summed E-state index contributed by atoms with van der Waals surface area (Å²) in [5.41, 5.74) is 6.52. The van der Waals surface area contributed by atoms with E-state index in [1.54, 1.807) is 19.2 Å². The molecule has 2 aromatic carbocycles. The van der Waals surface area contributed by atoms with Gasteiger partial charge in [0.2, 0.25) is 0 Å². The first-order valence-electron chi connectivity index (χ1n) is 10.4. The third-order valence-electron chi connectivity index (χ3n) is 5.24. The lowest BCUT2D eigenvalue weighted by Crippen LogP contribution is -1.98. The molecule has 0 saturated heterocycles. The third-order valence-corrected chi connectivity index (χ3v) is 5.24. The Labute approximate surface area is 188 Å². The van der Waals surface area contributed by atoms with E-state index < -0.39 is 5.97 Å². The van der Waals surface area contributed by atoms with Crippen LogP contribution in [-0.4, -0.2) is 29.3 Å². The Hall–Kier alpha value is -3.99. The Morgan fingerprint density at radius 2 is 1.78 bits per heavy atom. The number of nitrogens with one attached hydrogen (secondary N) is 1. The van der Waals surface area contributed by atoms with Gasteiger partial charge in [0.25, 0.3) is 0 Å². The number of hydrogen-bond acceptors (Lipinski definition) is 4. The first-order valence-corrected chi connectivity index (χ1v) is 10.4. The van der Waals surface area contributed by atoms with Crippen LogP contribution in [0.1, 0.15) is 31.9 Å². The number of aliphatic imine (C=N–C) groups is 1. The average molecular weight is 426 g/mol. The standard InChI is InChI=1S/C27H27N3O2/c1-5-20(21-10-12-22(28-4)13-11-21)17-30-19(3)25(16-18(2)27(31)32)23-14-15-29-26-9-7-6-8-24(23)26/h5-17,28H,1-4H3,(H,31,32)/b18-16+,20-5+,25-19-,30-17-. The molecule has 3 rings (SSSR count).